The van der Waals surface area contributed by atoms with E-state index in [0.717, 1.165) is 10.0 Å². The summed E-state index contributed by atoms with van der Waals surface area (Å²) in [5, 5.41) is 12.6. The number of carboxylic acids is 1. The molecule has 0 spiro atoms. The number of nitrogens with zero attached hydrogens (tertiary/aromatic N) is 3. The van der Waals surface area contributed by atoms with Gasteiger partial charge in [-0.15, -0.1) is 0 Å². The highest BCUT2D eigenvalue weighted by Gasteiger charge is 2.14. The minimum Gasteiger partial charge on any atom is -0.481 e. The van der Waals surface area contributed by atoms with Crippen LogP contribution in [0.4, 0.5) is 0 Å². The second-order valence-electron chi connectivity index (χ2n) is 4.31. The van der Waals surface area contributed by atoms with Crippen molar-refractivity contribution >= 4 is 21.9 Å². The third-order valence-electron chi connectivity index (χ3n) is 2.48. The Morgan fingerprint density at radius 3 is 3.00 bits per heavy atom. The highest BCUT2D eigenvalue weighted by molar-refractivity contribution is 9.10. The lowest BCUT2D eigenvalue weighted by molar-refractivity contribution is -0.137. The monoisotopic (exact) mass is 325 g/mol. The van der Waals surface area contributed by atoms with Gasteiger partial charge >= 0.3 is 5.97 Å². The molecule has 0 aliphatic heterocycles. The van der Waals surface area contributed by atoms with E-state index in [1.807, 2.05) is 13.0 Å². The lowest BCUT2D eigenvalue weighted by Gasteiger charge is -2.03. The van der Waals surface area contributed by atoms with Gasteiger partial charge in [-0.3, -0.25) is 9.78 Å². The van der Waals surface area contributed by atoms with Crippen LogP contribution in [0.25, 0.3) is 11.4 Å². The average molecular weight is 326 g/mol. The van der Waals surface area contributed by atoms with Crippen LogP contribution in [-0.2, 0) is 11.2 Å². The summed E-state index contributed by atoms with van der Waals surface area (Å²) in [7, 11) is 0. The molecule has 0 saturated carbocycles. The van der Waals surface area contributed by atoms with Crippen molar-refractivity contribution in [2.75, 3.05) is 0 Å². The van der Waals surface area contributed by atoms with E-state index in [9.17, 15) is 4.79 Å². The molecular formula is C12H12BrN3O3. The lowest BCUT2D eigenvalue weighted by Crippen LogP contribution is -2.07. The Bertz CT molecular complexity index is 585. The Balaban J connectivity index is 2.09. The first-order valence-electron chi connectivity index (χ1n) is 5.70. The fraction of sp³-hybridized carbons (Fsp3) is 0.333. The summed E-state index contributed by atoms with van der Waals surface area (Å²) in [5.74, 6) is 0.00455. The zero-order valence-corrected chi connectivity index (χ0v) is 11.8. The molecule has 0 aliphatic rings. The number of aromatic nitrogens is 3. The number of rotatable bonds is 5. The Labute approximate surface area is 118 Å². The third-order valence-corrected chi connectivity index (χ3v) is 2.91. The van der Waals surface area contributed by atoms with Gasteiger partial charge in [0.15, 0.2) is 0 Å². The highest BCUT2D eigenvalue weighted by atomic mass is 79.9. The van der Waals surface area contributed by atoms with Crippen molar-refractivity contribution in [2.24, 2.45) is 5.92 Å². The summed E-state index contributed by atoms with van der Waals surface area (Å²) >= 11 is 3.32. The molecule has 2 aromatic rings. The first kappa shape index (κ1) is 13.7. The van der Waals surface area contributed by atoms with Crippen LogP contribution in [0, 0.1) is 5.92 Å². The molecule has 0 amide bonds. The lowest BCUT2D eigenvalue weighted by atomic mass is 10.0. The maximum Gasteiger partial charge on any atom is 0.303 e. The molecule has 0 saturated heterocycles. The summed E-state index contributed by atoms with van der Waals surface area (Å²) < 4.78 is 5.94. The summed E-state index contributed by atoms with van der Waals surface area (Å²) in [6.45, 7) is 1.83. The van der Waals surface area contributed by atoms with Gasteiger partial charge in [0.25, 0.3) is 0 Å². The molecule has 7 heteroatoms. The van der Waals surface area contributed by atoms with E-state index < -0.39 is 5.97 Å². The normalized spacial score (nSPS) is 12.3. The molecule has 0 aliphatic carbocycles. The zero-order valence-electron chi connectivity index (χ0n) is 10.2. The number of carbonyl (C=O) groups is 1. The van der Waals surface area contributed by atoms with Crippen molar-refractivity contribution in [3.63, 3.8) is 0 Å². The van der Waals surface area contributed by atoms with E-state index in [-0.39, 0.29) is 12.3 Å². The highest BCUT2D eigenvalue weighted by Crippen LogP contribution is 2.20. The van der Waals surface area contributed by atoms with Gasteiger partial charge in [0.2, 0.25) is 11.7 Å². The van der Waals surface area contributed by atoms with Crippen LogP contribution in [0.1, 0.15) is 19.2 Å². The molecule has 1 unspecified atom stereocenters. The minimum atomic E-state index is -0.830. The molecule has 2 aromatic heterocycles. The Morgan fingerprint density at radius 2 is 2.32 bits per heavy atom. The topological polar surface area (TPSA) is 89.1 Å². The van der Waals surface area contributed by atoms with Crippen molar-refractivity contribution in [3.05, 3.63) is 28.8 Å². The quantitative estimate of drug-likeness (QED) is 0.908. The smallest absolute Gasteiger partial charge is 0.303 e. The van der Waals surface area contributed by atoms with Crippen molar-refractivity contribution < 1.29 is 14.4 Å². The average Bonchev–Trinajstić information content (AvgIpc) is 2.76. The molecule has 100 valence electrons. The van der Waals surface area contributed by atoms with Gasteiger partial charge in [0.1, 0.15) is 0 Å². The molecule has 19 heavy (non-hydrogen) atoms. The molecular weight excluding hydrogens is 314 g/mol. The number of carboxylic acid groups (broad SMARTS) is 1. The van der Waals surface area contributed by atoms with E-state index in [1.54, 1.807) is 12.4 Å². The molecule has 2 rings (SSSR count). The van der Waals surface area contributed by atoms with Gasteiger partial charge in [-0.2, -0.15) is 4.98 Å². The van der Waals surface area contributed by atoms with Crippen LogP contribution in [0.2, 0.25) is 0 Å². The molecule has 1 N–H and O–H groups in total. The van der Waals surface area contributed by atoms with E-state index in [2.05, 4.69) is 31.1 Å². The van der Waals surface area contributed by atoms with Crippen molar-refractivity contribution in [2.45, 2.75) is 19.8 Å². The summed E-state index contributed by atoms with van der Waals surface area (Å²) in [4.78, 5) is 18.8. The first-order chi connectivity index (χ1) is 9.04. The predicted octanol–water partition coefficient (Wildman–Crippen LogP) is 2.55. The van der Waals surface area contributed by atoms with Crippen LogP contribution >= 0.6 is 15.9 Å². The molecule has 0 aromatic carbocycles. The standard InChI is InChI=1S/C12H12BrN3O3/c1-7(3-11(17)18)2-10-15-12(16-19-10)8-4-9(13)6-14-5-8/h4-7H,2-3H2,1H3,(H,17,18). The van der Waals surface area contributed by atoms with Crippen LogP contribution in [0.3, 0.4) is 0 Å². The Kier molecular flexibility index (Phi) is 4.26. The second-order valence-corrected chi connectivity index (χ2v) is 5.23. The number of halogens is 1. The van der Waals surface area contributed by atoms with Gasteiger partial charge in [0, 0.05) is 35.3 Å². The van der Waals surface area contributed by atoms with E-state index in [0.29, 0.717) is 18.1 Å². The summed E-state index contributed by atoms with van der Waals surface area (Å²) in [6.07, 6.45) is 3.83. The van der Waals surface area contributed by atoms with E-state index in [4.69, 9.17) is 9.63 Å². The third kappa shape index (κ3) is 3.85. The van der Waals surface area contributed by atoms with E-state index >= 15 is 0 Å². The zero-order chi connectivity index (χ0) is 13.8. The van der Waals surface area contributed by atoms with Crippen LogP contribution < -0.4 is 0 Å². The molecule has 0 bridgehead atoms. The Morgan fingerprint density at radius 1 is 1.53 bits per heavy atom. The van der Waals surface area contributed by atoms with Crippen molar-refractivity contribution in [3.8, 4) is 11.4 Å². The minimum absolute atomic E-state index is 0.0496. The largest absolute Gasteiger partial charge is 0.481 e. The number of aliphatic carboxylic acids is 1. The first-order valence-corrected chi connectivity index (χ1v) is 6.49. The van der Waals surface area contributed by atoms with Gasteiger partial charge in [-0.1, -0.05) is 12.1 Å². The van der Waals surface area contributed by atoms with Crippen molar-refractivity contribution in [1.29, 1.82) is 0 Å². The number of pyridine rings is 1. The van der Waals surface area contributed by atoms with Gasteiger partial charge in [-0.05, 0) is 27.9 Å². The molecule has 6 nitrogen and oxygen atoms in total. The second kappa shape index (κ2) is 5.92. The molecule has 0 fully saturated rings. The maximum atomic E-state index is 10.6. The molecule has 0 radical (unpaired) electrons. The summed E-state index contributed by atoms with van der Waals surface area (Å²) in [5.41, 5.74) is 0.746. The fourth-order valence-electron chi connectivity index (χ4n) is 1.66. The van der Waals surface area contributed by atoms with Gasteiger partial charge < -0.3 is 9.63 Å². The Hall–Kier alpha value is -1.76. The van der Waals surface area contributed by atoms with E-state index in [1.165, 1.54) is 0 Å². The molecule has 2 heterocycles. The maximum absolute atomic E-state index is 10.6. The number of hydrogen-bond acceptors (Lipinski definition) is 5. The van der Waals surface area contributed by atoms with Crippen LogP contribution in [0.15, 0.2) is 27.5 Å². The van der Waals surface area contributed by atoms with Gasteiger partial charge in [-0.25, -0.2) is 0 Å². The summed E-state index contributed by atoms with van der Waals surface area (Å²) in [6, 6.07) is 1.84. The predicted molar refractivity (Wildman–Crippen MR) is 70.3 cm³/mol. The van der Waals surface area contributed by atoms with Crippen LogP contribution in [0.5, 0.6) is 0 Å². The SMILES string of the molecule is CC(CC(=O)O)Cc1nc(-c2cncc(Br)c2)no1. The van der Waals surface area contributed by atoms with Crippen LogP contribution in [-0.4, -0.2) is 26.2 Å². The number of hydrogen-bond donors (Lipinski definition) is 1. The van der Waals surface area contributed by atoms with Gasteiger partial charge in [0.05, 0.1) is 0 Å². The molecule has 1 atom stereocenters. The fourth-order valence-corrected chi connectivity index (χ4v) is 2.02. The van der Waals surface area contributed by atoms with Crippen molar-refractivity contribution in [1.82, 2.24) is 15.1 Å².